The van der Waals surface area contributed by atoms with Crippen molar-refractivity contribution in [3.8, 4) is 0 Å². The number of nitrogens with zero attached hydrogens (tertiary/aromatic N) is 2. The van der Waals surface area contributed by atoms with E-state index in [-0.39, 0.29) is 0 Å². The van der Waals surface area contributed by atoms with Crippen LogP contribution >= 0.6 is 11.6 Å². The molecule has 0 N–H and O–H groups in total. The summed E-state index contributed by atoms with van der Waals surface area (Å²) in [6.07, 6.45) is 0. The normalized spacial score (nSPS) is 11.4. The van der Waals surface area contributed by atoms with E-state index in [0.717, 1.165) is 11.0 Å². The Balaban J connectivity index is 2.78. The van der Waals surface area contributed by atoms with Gasteiger partial charge in [-0.1, -0.05) is 12.1 Å². The van der Waals surface area contributed by atoms with Gasteiger partial charge in [-0.05, 0) is 37.6 Å². The van der Waals surface area contributed by atoms with Gasteiger partial charge >= 0.3 is 0 Å². The molecule has 3 heteroatoms. The van der Waals surface area contributed by atoms with Gasteiger partial charge in [-0.3, -0.25) is 0 Å². The number of rotatable bonds is 1. The first-order valence-corrected chi connectivity index (χ1v) is 4.70. The van der Waals surface area contributed by atoms with E-state index < -0.39 is 0 Å². The van der Waals surface area contributed by atoms with Crippen molar-refractivity contribution in [2.24, 2.45) is 0 Å². The molecule has 2 nitrogen and oxygen atoms in total. The quantitative estimate of drug-likeness (QED) is 0.682. The van der Waals surface area contributed by atoms with E-state index in [1.54, 1.807) is 0 Å². The molecule has 0 spiro atoms. The summed E-state index contributed by atoms with van der Waals surface area (Å²) in [5.41, 5.74) is 2.06. The van der Waals surface area contributed by atoms with Crippen molar-refractivity contribution in [1.29, 1.82) is 0 Å². The van der Waals surface area contributed by atoms with Crippen LogP contribution in [0.4, 0.5) is 0 Å². The number of benzene rings is 1. The average molecular weight is 195 g/mol. The molecule has 0 aliphatic carbocycles. The largest absolute Gasteiger partial charge is 0.312 e. The molecule has 13 heavy (non-hydrogen) atoms. The Labute approximate surface area is 82.1 Å². The molecule has 0 amide bonds. The zero-order valence-corrected chi connectivity index (χ0v) is 8.42. The second-order valence-electron chi connectivity index (χ2n) is 3.33. The molecule has 1 aromatic carbocycles. The average Bonchev–Trinajstić information content (AvgIpc) is 2.39. The lowest BCUT2D eigenvalue weighted by atomic mass is 10.3. The van der Waals surface area contributed by atoms with Gasteiger partial charge in [-0.25, -0.2) is 4.98 Å². The summed E-state index contributed by atoms with van der Waals surface area (Å²) in [6, 6.07) is 8.32. The number of halogens is 1. The lowest BCUT2D eigenvalue weighted by Gasteiger charge is -2.08. The number of imidazole rings is 1. The molecular weight excluding hydrogens is 184 g/mol. The van der Waals surface area contributed by atoms with Crippen LogP contribution in [0.3, 0.4) is 0 Å². The zero-order chi connectivity index (χ0) is 9.42. The van der Waals surface area contributed by atoms with Crippen LogP contribution in [-0.2, 0) is 0 Å². The molecule has 0 aliphatic rings. The van der Waals surface area contributed by atoms with Crippen molar-refractivity contribution < 1.29 is 0 Å². The molecule has 0 aliphatic heterocycles. The molecule has 1 aromatic heterocycles. The Morgan fingerprint density at radius 2 is 2.00 bits per heavy atom. The molecule has 0 unspecified atom stereocenters. The highest BCUT2D eigenvalue weighted by Crippen LogP contribution is 2.23. The van der Waals surface area contributed by atoms with Gasteiger partial charge in [-0.2, -0.15) is 0 Å². The number of fused-ring (bicyclic) bond motifs is 1. The van der Waals surface area contributed by atoms with Crippen LogP contribution in [0.1, 0.15) is 19.9 Å². The molecule has 0 fully saturated rings. The first-order chi connectivity index (χ1) is 6.20. The molecule has 2 aromatic rings. The molecule has 0 radical (unpaired) electrons. The Bertz CT molecular complexity index is 431. The molecule has 68 valence electrons. The number of aromatic nitrogens is 2. The van der Waals surface area contributed by atoms with E-state index in [1.165, 1.54) is 0 Å². The van der Waals surface area contributed by atoms with Crippen molar-refractivity contribution in [3.05, 3.63) is 29.5 Å². The van der Waals surface area contributed by atoms with Gasteiger partial charge in [0.25, 0.3) is 0 Å². The fourth-order valence-corrected chi connectivity index (χ4v) is 1.88. The maximum Gasteiger partial charge on any atom is 0.204 e. The minimum atomic E-state index is 0.347. The monoisotopic (exact) mass is 194 g/mol. The summed E-state index contributed by atoms with van der Waals surface area (Å²) < 4.78 is 2.02. The van der Waals surface area contributed by atoms with Gasteiger partial charge < -0.3 is 4.57 Å². The molecule has 0 bridgehead atoms. The van der Waals surface area contributed by atoms with Gasteiger partial charge in [0.2, 0.25) is 5.28 Å². The predicted molar refractivity (Wildman–Crippen MR) is 55.1 cm³/mol. The smallest absolute Gasteiger partial charge is 0.204 e. The van der Waals surface area contributed by atoms with Crippen molar-refractivity contribution in [2.75, 3.05) is 0 Å². The van der Waals surface area contributed by atoms with Crippen LogP contribution in [0.5, 0.6) is 0 Å². The lowest BCUT2D eigenvalue weighted by molar-refractivity contribution is 0.618. The van der Waals surface area contributed by atoms with Crippen molar-refractivity contribution in [3.63, 3.8) is 0 Å². The number of hydrogen-bond acceptors (Lipinski definition) is 1. The third kappa shape index (κ3) is 1.31. The molecule has 0 saturated carbocycles. The minimum Gasteiger partial charge on any atom is -0.312 e. The first kappa shape index (κ1) is 8.57. The summed E-state index contributed by atoms with van der Waals surface area (Å²) in [6.45, 7) is 4.19. The SMILES string of the molecule is CC(C)n1c(Cl)nc2ccccc21. The second-order valence-corrected chi connectivity index (χ2v) is 3.67. The third-order valence-corrected chi connectivity index (χ3v) is 2.34. The van der Waals surface area contributed by atoms with Crippen LogP contribution in [0.25, 0.3) is 11.0 Å². The van der Waals surface area contributed by atoms with E-state index in [9.17, 15) is 0 Å². The molecule has 2 rings (SSSR count). The highest BCUT2D eigenvalue weighted by Gasteiger charge is 2.09. The maximum atomic E-state index is 6.01. The Morgan fingerprint density at radius 3 is 2.69 bits per heavy atom. The fraction of sp³-hybridized carbons (Fsp3) is 0.300. The highest BCUT2D eigenvalue weighted by molar-refractivity contribution is 6.29. The second kappa shape index (κ2) is 3.04. The lowest BCUT2D eigenvalue weighted by Crippen LogP contribution is -1.99. The third-order valence-electron chi connectivity index (χ3n) is 2.07. The summed E-state index contributed by atoms with van der Waals surface area (Å²) in [7, 11) is 0. The van der Waals surface area contributed by atoms with Crippen molar-refractivity contribution in [2.45, 2.75) is 19.9 Å². The van der Waals surface area contributed by atoms with Gasteiger partial charge in [0.15, 0.2) is 0 Å². The topological polar surface area (TPSA) is 17.8 Å². The summed E-state index contributed by atoms with van der Waals surface area (Å²) in [4.78, 5) is 4.26. The standard InChI is InChI=1S/C10H11ClN2/c1-7(2)13-9-6-4-3-5-8(9)12-10(13)11/h3-7H,1-2H3. The summed E-state index contributed by atoms with van der Waals surface area (Å²) >= 11 is 6.01. The van der Waals surface area contributed by atoms with Gasteiger partial charge in [0.1, 0.15) is 0 Å². The molecule has 0 atom stereocenters. The van der Waals surface area contributed by atoms with Crippen molar-refractivity contribution in [1.82, 2.24) is 9.55 Å². The Morgan fingerprint density at radius 1 is 1.31 bits per heavy atom. The van der Waals surface area contributed by atoms with E-state index in [4.69, 9.17) is 11.6 Å². The fourth-order valence-electron chi connectivity index (χ4n) is 1.51. The van der Waals surface area contributed by atoms with E-state index in [2.05, 4.69) is 18.8 Å². The first-order valence-electron chi connectivity index (χ1n) is 4.32. The highest BCUT2D eigenvalue weighted by atomic mass is 35.5. The van der Waals surface area contributed by atoms with Gasteiger partial charge in [0.05, 0.1) is 11.0 Å². The van der Waals surface area contributed by atoms with E-state index in [1.807, 2.05) is 28.8 Å². The Kier molecular flexibility index (Phi) is 2.00. The number of para-hydroxylation sites is 2. The van der Waals surface area contributed by atoms with Crippen LogP contribution < -0.4 is 0 Å². The van der Waals surface area contributed by atoms with Crippen molar-refractivity contribution >= 4 is 22.6 Å². The Hall–Kier alpha value is -1.02. The van der Waals surface area contributed by atoms with Crippen LogP contribution in [0.15, 0.2) is 24.3 Å². The maximum absolute atomic E-state index is 6.01. The molecular formula is C10H11ClN2. The van der Waals surface area contributed by atoms with Crippen LogP contribution in [0.2, 0.25) is 5.28 Å². The van der Waals surface area contributed by atoms with Gasteiger partial charge in [-0.15, -0.1) is 0 Å². The zero-order valence-electron chi connectivity index (χ0n) is 7.66. The molecule has 1 heterocycles. The summed E-state index contributed by atoms with van der Waals surface area (Å²) in [5.74, 6) is 0. The van der Waals surface area contributed by atoms with E-state index in [0.29, 0.717) is 11.3 Å². The van der Waals surface area contributed by atoms with Crippen LogP contribution in [0, 0.1) is 0 Å². The van der Waals surface area contributed by atoms with Gasteiger partial charge in [0, 0.05) is 6.04 Å². The molecule has 0 saturated heterocycles. The predicted octanol–water partition coefficient (Wildman–Crippen LogP) is 3.27. The summed E-state index contributed by atoms with van der Waals surface area (Å²) in [5, 5.41) is 0.566. The van der Waals surface area contributed by atoms with Crippen LogP contribution in [-0.4, -0.2) is 9.55 Å². The van der Waals surface area contributed by atoms with E-state index >= 15 is 0 Å². The number of hydrogen-bond donors (Lipinski definition) is 0. The minimum absolute atomic E-state index is 0.347.